The number of aryl methyl sites for hydroxylation is 2. The molecule has 0 aliphatic carbocycles. The van der Waals surface area contributed by atoms with Crippen LogP contribution in [0.1, 0.15) is 5.56 Å². The molecule has 2 aromatic heterocycles. The smallest absolute Gasteiger partial charge is 0.229 e. The lowest BCUT2D eigenvalue weighted by Gasteiger charge is -2.11. The molecule has 0 saturated heterocycles. The van der Waals surface area contributed by atoms with Gasteiger partial charge in [-0.3, -0.25) is 0 Å². The Morgan fingerprint density at radius 2 is 1.77 bits per heavy atom. The number of pyridine rings is 1. The zero-order valence-corrected chi connectivity index (χ0v) is 16.6. The van der Waals surface area contributed by atoms with Crippen LogP contribution in [0.2, 0.25) is 0 Å². The lowest BCUT2D eigenvalue weighted by Crippen LogP contribution is -2.31. The Morgan fingerprint density at radius 3 is 2.50 bits per heavy atom. The van der Waals surface area contributed by atoms with Crippen LogP contribution in [-0.4, -0.2) is 0 Å². The Kier molecular flexibility index (Phi) is 4.11. The van der Waals surface area contributed by atoms with Gasteiger partial charge in [-0.25, -0.2) is 9.24 Å². The summed E-state index contributed by atoms with van der Waals surface area (Å²) in [7, 11) is 1.82. The third kappa shape index (κ3) is 2.67. The standard InChI is InChI=1S/C26H18FN2O/c1-16-14-20(17-8-5-4-6-9-17)24-19-10-7-11-21(28-2)25(19)30-26(24)23(16)22-13-12-18(27)15-29(22)3/h4-15H,1,3H3/q+1. The van der Waals surface area contributed by atoms with E-state index in [1.54, 1.807) is 16.7 Å². The van der Waals surface area contributed by atoms with E-state index in [0.717, 1.165) is 38.7 Å². The van der Waals surface area contributed by atoms with E-state index in [1.165, 1.54) is 12.3 Å². The van der Waals surface area contributed by atoms with Crippen molar-refractivity contribution in [3.05, 3.63) is 95.7 Å². The number of fused-ring (bicyclic) bond motifs is 3. The van der Waals surface area contributed by atoms with Gasteiger partial charge >= 0.3 is 0 Å². The van der Waals surface area contributed by atoms with Crippen molar-refractivity contribution in [3.8, 4) is 22.4 Å². The van der Waals surface area contributed by atoms with Gasteiger partial charge in [-0.05, 0) is 35.7 Å². The van der Waals surface area contributed by atoms with Gasteiger partial charge < -0.3 is 4.42 Å². The van der Waals surface area contributed by atoms with Gasteiger partial charge in [0.15, 0.2) is 5.82 Å². The average molecular weight is 393 g/mol. The first-order valence-corrected chi connectivity index (χ1v) is 9.65. The zero-order chi connectivity index (χ0) is 20.8. The molecule has 0 aliphatic rings. The van der Waals surface area contributed by atoms with Crippen molar-refractivity contribution in [2.45, 2.75) is 6.92 Å². The summed E-state index contributed by atoms with van der Waals surface area (Å²) in [4.78, 5) is 3.65. The Morgan fingerprint density at radius 1 is 0.967 bits per heavy atom. The van der Waals surface area contributed by atoms with Crippen LogP contribution in [0.4, 0.5) is 10.1 Å². The van der Waals surface area contributed by atoms with Crippen molar-refractivity contribution in [3.63, 3.8) is 0 Å². The van der Waals surface area contributed by atoms with Gasteiger partial charge in [0.2, 0.25) is 17.6 Å². The molecule has 0 unspecified atom stereocenters. The van der Waals surface area contributed by atoms with E-state index in [4.69, 9.17) is 11.0 Å². The van der Waals surface area contributed by atoms with E-state index in [0.29, 0.717) is 16.9 Å². The number of halogens is 1. The predicted molar refractivity (Wildman–Crippen MR) is 117 cm³/mol. The first-order chi connectivity index (χ1) is 14.6. The second-order valence-corrected chi connectivity index (χ2v) is 7.40. The highest BCUT2D eigenvalue weighted by Gasteiger charge is 2.24. The summed E-state index contributed by atoms with van der Waals surface area (Å²) < 4.78 is 21.9. The number of rotatable bonds is 2. The van der Waals surface area contributed by atoms with Crippen LogP contribution in [-0.2, 0) is 7.05 Å². The van der Waals surface area contributed by atoms with Crippen LogP contribution < -0.4 is 4.57 Å². The van der Waals surface area contributed by atoms with Crippen LogP contribution in [0.15, 0.2) is 77.3 Å². The molecule has 0 radical (unpaired) electrons. The Bertz CT molecular complexity index is 1480. The maximum absolute atomic E-state index is 13.8. The number of para-hydroxylation sites is 1. The zero-order valence-electron chi connectivity index (χ0n) is 16.6. The Labute approximate surface area is 173 Å². The van der Waals surface area contributed by atoms with E-state index < -0.39 is 0 Å². The molecule has 0 spiro atoms. The van der Waals surface area contributed by atoms with Crippen molar-refractivity contribution in [2.75, 3.05) is 0 Å². The molecule has 3 aromatic carbocycles. The van der Waals surface area contributed by atoms with Crippen molar-refractivity contribution in [1.29, 1.82) is 0 Å². The van der Waals surface area contributed by atoms with Crippen molar-refractivity contribution in [1.82, 2.24) is 0 Å². The molecule has 0 amide bonds. The van der Waals surface area contributed by atoms with Gasteiger partial charge in [0.05, 0.1) is 12.1 Å². The lowest BCUT2D eigenvalue weighted by atomic mass is 9.92. The van der Waals surface area contributed by atoms with Crippen LogP contribution >= 0.6 is 0 Å². The normalized spacial score (nSPS) is 11.1. The van der Waals surface area contributed by atoms with Crippen molar-refractivity contribution < 1.29 is 13.4 Å². The number of hydrogen-bond donors (Lipinski definition) is 0. The van der Waals surface area contributed by atoms with Crippen molar-refractivity contribution >= 4 is 27.6 Å². The number of hydrogen-bond acceptors (Lipinski definition) is 1. The summed E-state index contributed by atoms with van der Waals surface area (Å²) in [6.07, 6.45) is 1.46. The molecule has 0 saturated carbocycles. The van der Waals surface area contributed by atoms with Crippen LogP contribution in [0, 0.1) is 19.3 Å². The second kappa shape index (κ2) is 6.82. The Balaban J connectivity index is 1.99. The molecule has 144 valence electrons. The van der Waals surface area contributed by atoms with Crippen LogP contribution in [0.5, 0.6) is 0 Å². The number of nitrogens with zero attached hydrogens (tertiary/aromatic N) is 2. The summed E-state index contributed by atoms with van der Waals surface area (Å²) in [5, 5.41) is 1.87. The minimum atomic E-state index is -0.295. The quantitative estimate of drug-likeness (QED) is 0.240. The molecule has 0 fully saturated rings. The maximum atomic E-state index is 13.8. The van der Waals surface area contributed by atoms with Crippen LogP contribution in [0.25, 0.3) is 49.2 Å². The highest BCUT2D eigenvalue weighted by atomic mass is 19.1. The van der Waals surface area contributed by atoms with E-state index in [9.17, 15) is 4.39 Å². The fourth-order valence-corrected chi connectivity index (χ4v) is 4.17. The van der Waals surface area contributed by atoms with Gasteiger partial charge in [-0.1, -0.05) is 48.5 Å². The SMILES string of the molecule is [C-]#[N+]c1cccc2c1oc1c(-c3ccc(F)c[n+]3C)c(C)cc(-c3ccccc3)c12. The Hall–Kier alpha value is -3.97. The summed E-state index contributed by atoms with van der Waals surface area (Å²) >= 11 is 0. The predicted octanol–water partition coefficient (Wildman–Crippen LogP) is 6.74. The molecule has 0 atom stereocenters. The van der Waals surface area contributed by atoms with E-state index in [-0.39, 0.29) is 5.82 Å². The van der Waals surface area contributed by atoms with E-state index >= 15 is 0 Å². The molecule has 5 aromatic rings. The lowest BCUT2D eigenvalue weighted by molar-refractivity contribution is -0.661. The number of aromatic nitrogens is 1. The third-order valence-electron chi connectivity index (χ3n) is 5.51. The van der Waals surface area contributed by atoms with Gasteiger partial charge in [0.1, 0.15) is 18.2 Å². The highest BCUT2D eigenvalue weighted by Crippen LogP contribution is 2.44. The third-order valence-corrected chi connectivity index (χ3v) is 5.51. The molecule has 0 N–H and O–H groups in total. The van der Waals surface area contributed by atoms with Crippen molar-refractivity contribution in [2.24, 2.45) is 7.05 Å². The molecule has 0 bridgehead atoms. The maximum Gasteiger partial charge on any atom is 0.229 e. The fourth-order valence-electron chi connectivity index (χ4n) is 4.17. The minimum absolute atomic E-state index is 0.295. The molecule has 2 heterocycles. The van der Waals surface area contributed by atoms with Gasteiger partial charge in [-0.2, -0.15) is 4.57 Å². The summed E-state index contributed by atoms with van der Waals surface area (Å²) in [5.74, 6) is -0.295. The topological polar surface area (TPSA) is 21.4 Å². The monoisotopic (exact) mass is 393 g/mol. The molecule has 0 aliphatic heterocycles. The first-order valence-electron chi connectivity index (χ1n) is 9.65. The fraction of sp³-hybridized carbons (Fsp3) is 0.0769. The number of benzene rings is 3. The summed E-state index contributed by atoms with van der Waals surface area (Å²) in [6, 6.07) is 21.2. The van der Waals surface area contributed by atoms with Gasteiger partial charge in [0, 0.05) is 16.8 Å². The molecular formula is C26H18FN2O+. The second-order valence-electron chi connectivity index (χ2n) is 7.40. The molecule has 30 heavy (non-hydrogen) atoms. The first kappa shape index (κ1) is 18.1. The molecular weight excluding hydrogens is 375 g/mol. The number of furan rings is 1. The summed E-state index contributed by atoms with van der Waals surface area (Å²) in [6.45, 7) is 9.59. The average Bonchev–Trinajstić information content (AvgIpc) is 3.14. The van der Waals surface area contributed by atoms with E-state index in [2.05, 4.69) is 23.0 Å². The van der Waals surface area contributed by atoms with Gasteiger partial charge in [0.25, 0.3) is 0 Å². The van der Waals surface area contributed by atoms with Crippen LogP contribution in [0.3, 0.4) is 0 Å². The highest BCUT2D eigenvalue weighted by molar-refractivity contribution is 6.18. The summed E-state index contributed by atoms with van der Waals surface area (Å²) in [5.41, 5.74) is 6.68. The molecule has 4 heteroatoms. The van der Waals surface area contributed by atoms with E-state index in [1.807, 2.05) is 44.3 Å². The molecule has 5 rings (SSSR count). The largest absolute Gasteiger partial charge is 0.466 e. The van der Waals surface area contributed by atoms with Gasteiger partial charge in [-0.15, -0.1) is 0 Å². The minimum Gasteiger partial charge on any atom is -0.466 e. The molecule has 3 nitrogen and oxygen atoms in total.